The molecule has 3 N–H and O–H groups in total. The summed E-state index contributed by atoms with van der Waals surface area (Å²) in [7, 11) is 0. The van der Waals surface area contributed by atoms with Crippen LogP contribution in [0.15, 0.2) is 47.5 Å². The fourth-order valence-corrected chi connectivity index (χ4v) is 2.06. The number of nitrogens with zero attached hydrogens (tertiary/aromatic N) is 2. The fourth-order valence-electron chi connectivity index (χ4n) is 2.06. The van der Waals surface area contributed by atoms with Crippen molar-refractivity contribution in [3.63, 3.8) is 0 Å². The molecule has 0 saturated carbocycles. The Morgan fingerprint density at radius 3 is 2.60 bits per heavy atom. The minimum Gasteiger partial charge on any atom is -0.357 e. The highest BCUT2D eigenvalue weighted by Gasteiger charge is 2.13. The first-order valence-electron chi connectivity index (χ1n) is 6.72. The summed E-state index contributed by atoms with van der Waals surface area (Å²) in [6, 6.07) is 9.78. The predicted molar refractivity (Wildman–Crippen MR) is 80.7 cm³/mol. The van der Waals surface area contributed by atoms with E-state index in [0.29, 0.717) is 12.4 Å². The summed E-state index contributed by atoms with van der Waals surface area (Å²) < 4.78 is 1.65. The van der Waals surface area contributed by atoms with E-state index in [9.17, 15) is 4.79 Å². The van der Waals surface area contributed by atoms with Crippen molar-refractivity contribution in [3.05, 3.63) is 58.6 Å². The van der Waals surface area contributed by atoms with Gasteiger partial charge in [0.25, 0.3) is 5.56 Å². The van der Waals surface area contributed by atoms with E-state index in [1.54, 1.807) is 17.0 Å². The van der Waals surface area contributed by atoms with E-state index in [1.807, 2.05) is 44.2 Å². The molecule has 20 heavy (non-hydrogen) atoms. The van der Waals surface area contributed by atoms with Crippen LogP contribution >= 0.6 is 0 Å². The fraction of sp³-hybridized carbons (Fsp3) is 0.333. The van der Waals surface area contributed by atoms with Crippen molar-refractivity contribution in [2.24, 2.45) is 5.73 Å². The number of benzene rings is 1. The molecule has 0 amide bonds. The van der Waals surface area contributed by atoms with E-state index in [2.05, 4.69) is 10.3 Å². The molecule has 2 rings (SSSR count). The second-order valence-corrected chi connectivity index (χ2v) is 4.93. The molecule has 0 radical (unpaired) electrons. The number of rotatable bonds is 5. The molecule has 0 bridgehead atoms. The summed E-state index contributed by atoms with van der Waals surface area (Å²) >= 11 is 0. The molecule has 0 aliphatic rings. The van der Waals surface area contributed by atoms with Gasteiger partial charge < -0.3 is 15.6 Å². The van der Waals surface area contributed by atoms with Crippen LogP contribution in [0.1, 0.15) is 31.5 Å². The van der Waals surface area contributed by atoms with Gasteiger partial charge in [-0.1, -0.05) is 30.3 Å². The lowest BCUT2D eigenvalue weighted by atomic mass is 10.1. The van der Waals surface area contributed by atoms with Crippen molar-refractivity contribution in [1.29, 1.82) is 0 Å². The number of nitrogens with one attached hydrogen (secondary N) is 1. The Kier molecular flexibility index (Phi) is 4.53. The van der Waals surface area contributed by atoms with Gasteiger partial charge in [-0.3, -0.25) is 4.79 Å². The topological polar surface area (TPSA) is 72.9 Å². The highest BCUT2D eigenvalue weighted by Crippen LogP contribution is 2.15. The third kappa shape index (κ3) is 3.05. The standard InChI is InChI=1S/C15H20N4O/c1-11(2)19-9-8-17-14(15(19)20)18-13(10-16)12-6-4-3-5-7-12/h3-9,11,13H,10,16H2,1-2H3,(H,17,18). The van der Waals surface area contributed by atoms with E-state index in [0.717, 1.165) is 5.56 Å². The van der Waals surface area contributed by atoms with Crippen LogP contribution < -0.4 is 16.6 Å². The molecular weight excluding hydrogens is 252 g/mol. The van der Waals surface area contributed by atoms with Gasteiger partial charge in [0, 0.05) is 25.0 Å². The van der Waals surface area contributed by atoms with Crippen LogP contribution in [0, 0.1) is 0 Å². The molecule has 5 heteroatoms. The maximum absolute atomic E-state index is 12.3. The molecule has 106 valence electrons. The lowest BCUT2D eigenvalue weighted by Crippen LogP contribution is -2.29. The smallest absolute Gasteiger partial charge is 0.293 e. The molecule has 5 nitrogen and oxygen atoms in total. The van der Waals surface area contributed by atoms with Gasteiger partial charge in [0.05, 0.1) is 6.04 Å². The van der Waals surface area contributed by atoms with E-state index in [-0.39, 0.29) is 17.6 Å². The third-order valence-corrected chi connectivity index (χ3v) is 3.17. The van der Waals surface area contributed by atoms with Crippen LogP contribution in [0.5, 0.6) is 0 Å². The van der Waals surface area contributed by atoms with E-state index < -0.39 is 0 Å². The van der Waals surface area contributed by atoms with Gasteiger partial charge in [-0.2, -0.15) is 0 Å². The molecule has 0 aliphatic carbocycles. The molecule has 0 saturated heterocycles. The third-order valence-electron chi connectivity index (χ3n) is 3.17. The number of hydrogen-bond acceptors (Lipinski definition) is 4. The van der Waals surface area contributed by atoms with Crippen LogP contribution in [0.2, 0.25) is 0 Å². The van der Waals surface area contributed by atoms with E-state index in [1.165, 1.54) is 0 Å². The molecular formula is C15H20N4O. The molecule has 0 fully saturated rings. The van der Waals surface area contributed by atoms with Gasteiger partial charge >= 0.3 is 0 Å². The van der Waals surface area contributed by atoms with Crippen LogP contribution in [-0.2, 0) is 0 Å². The summed E-state index contributed by atoms with van der Waals surface area (Å²) in [6.45, 7) is 4.31. The summed E-state index contributed by atoms with van der Waals surface area (Å²) in [5, 5.41) is 3.14. The summed E-state index contributed by atoms with van der Waals surface area (Å²) in [6.07, 6.45) is 3.32. The minimum atomic E-state index is -0.128. The van der Waals surface area contributed by atoms with Gasteiger partial charge in [0.2, 0.25) is 0 Å². The number of nitrogens with two attached hydrogens (primary N) is 1. The Balaban J connectivity index is 2.29. The Hall–Kier alpha value is -2.14. The van der Waals surface area contributed by atoms with E-state index >= 15 is 0 Å². The number of aromatic nitrogens is 2. The van der Waals surface area contributed by atoms with Crippen LogP contribution in [0.25, 0.3) is 0 Å². The normalized spacial score (nSPS) is 12.4. The van der Waals surface area contributed by atoms with Gasteiger partial charge in [0.1, 0.15) is 0 Å². The Morgan fingerprint density at radius 2 is 2.00 bits per heavy atom. The maximum Gasteiger partial charge on any atom is 0.293 e. The monoisotopic (exact) mass is 272 g/mol. The second kappa shape index (κ2) is 6.34. The minimum absolute atomic E-state index is 0.0964. The lowest BCUT2D eigenvalue weighted by Gasteiger charge is -2.18. The average Bonchev–Trinajstić information content (AvgIpc) is 2.47. The summed E-state index contributed by atoms with van der Waals surface area (Å²) in [5.41, 5.74) is 6.71. The highest BCUT2D eigenvalue weighted by atomic mass is 16.1. The molecule has 2 aromatic rings. The van der Waals surface area contributed by atoms with Crippen molar-refractivity contribution in [1.82, 2.24) is 9.55 Å². The average molecular weight is 272 g/mol. The summed E-state index contributed by atoms with van der Waals surface area (Å²) in [4.78, 5) is 16.4. The largest absolute Gasteiger partial charge is 0.357 e. The van der Waals surface area contributed by atoms with Crippen LogP contribution in [-0.4, -0.2) is 16.1 Å². The van der Waals surface area contributed by atoms with Gasteiger partial charge in [-0.25, -0.2) is 4.98 Å². The lowest BCUT2D eigenvalue weighted by molar-refractivity contribution is 0.574. The first-order chi connectivity index (χ1) is 9.63. The Labute approximate surface area is 118 Å². The van der Waals surface area contributed by atoms with Gasteiger partial charge in [-0.05, 0) is 19.4 Å². The van der Waals surface area contributed by atoms with E-state index in [4.69, 9.17) is 5.73 Å². The molecule has 1 aromatic heterocycles. The molecule has 0 spiro atoms. The first kappa shape index (κ1) is 14.3. The number of hydrogen-bond donors (Lipinski definition) is 2. The highest BCUT2D eigenvalue weighted by molar-refractivity contribution is 5.36. The van der Waals surface area contributed by atoms with Crippen molar-refractivity contribution in [2.45, 2.75) is 25.9 Å². The first-order valence-corrected chi connectivity index (χ1v) is 6.72. The van der Waals surface area contributed by atoms with Crippen LogP contribution in [0.4, 0.5) is 5.82 Å². The molecule has 1 unspecified atom stereocenters. The molecule has 1 heterocycles. The zero-order chi connectivity index (χ0) is 14.5. The SMILES string of the molecule is CC(C)n1ccnc(NC(CN)c2ccccc2)c1=O. The van der Waals surface area contributed by atoms with Gasteiger partial charge in [-0.15, -0.1) is 0 Å². The van der Waals surface area contributed by atoms with Gasteiger partial charge in [0.15, 0.2) is 5.82 Å². The van der Waals surface area contributed by atoms with Crippen LogP contribution in [0.3, 0.4) is 0 Å². The maximum atomic E-state index is 12.3. The molecule has 1 atom stereocenters. The van der Waals surface area contributed by atoms with Crippen molar-refractivity contribution < 1.29 is 0 Å². The molecule has 1 aromatic carbocycles. The Morgan fingerprint density at radius 1 is 1.30 bits per heavy atom. The van der Waals surface area contributed by atoms with Crippen molar-refractivity contribution >= 4 is 5.82 Å². The van der Waals surface area contributed by atoms with Crippen molar-refractivity contribution in [2.75, 3.05) is 11.9 Å². The predicted octanol–water partition coefficient (Wildman–Crippen LogP) is 1.94. The number of anilines is 1. The zero-order valence-corrected chi connectivity index (χ0v) is 11.8. The molecule has 0 aliphatic heterocycles. The zero-order valence-electron chi connectivity index (χ0n) is 11.8. The van der Waals surface area contributed by atoms with Crippen molar-refractivity contribution in [3.8, 4) is 0 Å². The summed E-state index contributed by atoms with van der Waals surface area (Å²) in [5.74, 6) is 0.334. The Bertz CT molecular complexity index is 607. The quantitative estimate of drug-likeness (QED) is 0.872. The second-order valence-electron chi connectivity index (χ2n) is 4.93.